The highest BCUT2D eigenvalue weighted by atomic mass is 35.5. The first kappa shape index (κ1) is 26.1. The summed E-state index contributed by atoms with van der Waals surface area (Å²) in [4.78, 5) is 12.5. The molecule has 0 spiro atoms. The Morgan fingerprint density at radius 1 is 1.03 bits per heavy atom. The van der Waals surface area contributed by atoms with Gasteiger partial charge < -0.3 is 15.2 Å². The van der Waals surface area contributed by atoms with Crippen molar-refractivity contribution < 1.29 is 27.6 Å². The molecule has 190 valence electrons. The van der Waals surface area contributed by atoms with Gasteiger partial charge in [0, 0.05) is 17.1 Å². The van der Waals surface area contributed by atoms with Crippen molar-refractivity contribution in [3.63, 3.8) is 0 Å². The number of phenolic OH excluding ortho intramolecular Hbond substituents is 1. The molecule has 0 aliphatic rings. The number of aromatic hydroxyl groups is 1. The third-order valence-electron chi connectivity index (χ3n) is 5.62. The monoisotopic (exact) mass is 539 g/mol. The van der Waals surface area contributed by atoms with Crippen LogP contribution in [0.5, 0.6) is 11.5 Å². The number of rotatable bonds is 7. The smallest absolute Gasteiger partial charge is 0.298 e. The zero-order valence-corrected chi connectivity index (χ0v) is 21.3. The van der Waals surface area contributed by atoms with Crippen molar-refractivity contribution in [1.29, 1.82) is 0 Å². The number of ether oxygens (including phenoxy) is 1. The van der Waals surface area contributed by atoms with Crippen LogP contribution in [0.4, 0.5) is 17.1 Å². The van der Waals surface area contributed by atoms with Crippen molar-refractivity contribution in [2.75, 3.05) is 12.4 Å². The van der Waals surface area contributed by atoms with Crippen LogP contribution in [0.1, 0.15) is 22.8 Å². The predicted molar refractivity (Wildman–Crippen MR) is 141 cm³/mol. The fraction of sp³-hybridized carbons (Fsp3) is 0.115. The van der Waals surface area contributed by atoms with E-state index in [-0.39, 0.29) is 22.0 Å². The number of halogens is 1. The third-order valence-corrected chi connectivity index (χ3v) is 6.98. The van der Waals surface area contributed by atoms with E-state index >= 15 is 0 Å². The summed E-state index contributed by atoms with van der Waals surface area (Å²) in [5.41, 5.74) is 0.609. The molecule has 0 saturated carbocycles. The minimum atomic E-state index is -4.74. The van der Waals surface area contributed by atoms with Crippen LogP contribution < -0.4 is 10.1 Å². The molecule has 3 N–H and O–H groups in total. The molecule has 0 saturated heterocycles. The Morgan fingerprint density at radius 2 is 1.76 bits per heavy atom. The van der Waals surface area contributed by atoms with Crippen LogP contribution in [0, 0.1) is 0 Å². The van der Waals surface area contributed by atoms with Crippen molar-refractivity contribution in [3.05, 3.63) is 82.9 Å². The van der Waals surface area contributed by atoms with Crippen molar-refractivity contribution in [2.24, 2.45) is 10.2 Å². The Labute approximate surface area is 218 Å². The molecule has 0 aromatic heterocycles. The SMILES string of the molecule is CCc1ccc(Cl)c(S(=O)(=O)O)c1N=Nc1c(O)c(C(=O)Nc2cccc(OC)c2)cc2ccccc12. The topological polar surface area (TPSA) is 138 Å². The first-order chi connectivity index (χ1) is 17.6. The van der Waals surface area contributed by atoms with Crippen LogP contribution in [0.2, 0.25) is 5.02 Å². The maximum absolute atomic E-state index is 13.1. The number of benzene rings is 4. The number of nitrogens with zero attached hydrogens (tertiary/aromatic N) is 2. The van der Waals surface area contributed by atoms with Gasteiger partial charge in [0.25, 0.3) is 16.0 Å². The molecule has 0 aliphatic carbocycles. The highest BCUT2D eigenvalue weighted by Gasteiger charge is 2.24. The van der Waals surface area contributed by atoms with E-state index in [4.69, 9.17) is 16.3 Å². The Bertz CT molecular complexity index is 1650. The number of nitrogens with one attached hydrogen (secondary N) is 1. The van der Waals surface area contributed by atoms with Gasteiger partial charge in [0.1, 0.15) is 22.0 Å². The van der Waals surface area contributed by atoms with Gasteiger partial charge in [-0.2, -0.15) is 8.42 Å². The average Bonchev–Trinajstić information content (AvgIpc) is 2.87. The Hall–Kier alpha value is -3.99. The van der Waals surface area contributed by atoms with Crippen LogP contribution in [-0.4, -0.2) is 31.1 Å². The van der Waals surface area contributed by atoms with Crippen LogP contribution in [0.15, 0.2) is 81.9 Å². The highest BCUT2D eigenvalue weighted by molar-refractivity contribution is 7.86. The van der Waals surface area contributed by atoms with Gasteiger partial charge in [-0.1, -0.05) is 54.9 Å². The molecule has 9 nitrogen and oxygen atoms in total. The molecule has 0 atom stereocenters. The number of hydrogen-bond acceptors (Lipinski definition) is 7. The normalized spacial score (nSPS) is 11.7. The quantitative estimate of drug-likeness (QED) is 0.177. The number of amides is 1. The zero-order valence-electron chi connectivity index (χ0n) is 19.8. The summed E-state index contributed by atoms with van der Waals surface area (Å²) in [5.74, 6) is -0.530. The molecule has 0 radical (unpaired) electrons. The highest BCUT2D eigenvalue weighted by Crippen LogP contribution is 2.42. The summed E-state index contributed by atoms with van der Waals surface area (Å²) >= 11 is 6.06. The van der Waals surface area contributed by atoms with E-state index in [1.165, 1.54) is 19.2 Å². The molecule has 0 aliphatic heterocycles. The molecule has 0 unspecified atom stereocenters. The second-order valence-corrected chi connectivity index (χ2v) is 9.71. The van der Waals surface area contributed by atoms with Gasteiger partial charge in [-0.05, 0) is 41.6 Å². The number of aryl methyl sites for hydroxylation is 1. The van der Waals surface area contributed by atoms with Gasteiger partial charge in [0.2, 0.25) is 0 Å². The molecule has 0 heterocycles. The van der Waals surface area contributed by atoms with Gasteiger partial charge in [-0.3, -0.25) is 9.35 Å². The lowest BCUT2D eigenvalue weighted by Crippen LogP contribution is -2.12. The zero-order chi connectivity index (χ0) is 26.7. The number of methoxy groups -OCH3 is 1. The molecule has 4 rings (SSSR count). The summed E-state index contributed by atoms with van der Waals surface area (Å²) in [6.07, 6.45) is 0.365. The summed E-state index contributed by atoms with van der Waals surface area (Å²) < 4.78 is 39.1. The molecule has 4 aromatic carbocycles. The number of azo groups is 1. The third kappa shape index (κ3) is 5.41. The molecule has 0 fully saturated rings. The van der Waals surface area contributed by atoms with Crippen molar-refractivity contribution in [3.8, 4) is 11.5 Å². The average molecular weight is 540 g/mol. The molecule has 11 heteroatoms. The molecule has 37 heavy (non-hydrogen) atoms. The predicted octanol–water partition coefficient (Wildman–Crippen LogP) is 6.68. The number of phenols is 1. The van der Waals surface area contributed by atoms with E-state index in [0.29, 0.717) is 34.2 Å². The summed E-state index contributed by atoms with van der Waals surface area (Å²) in [5, 5.41) is 22.9. The van der Waals surface area contributed by atoms with Crippen LogP contribution in [-0.2, 0) is 16.5 Å². The fourth-order valence-corrected chi connectivity index (χ4v) is 4.99. The van der Waals surface area contributed by atoms with E-state index in [9.17, 15) is 22.9 Å². The first-order valence-electron chi connectivity index (χ1n) is 11.0. The van der Waals surface area contributed by atoms with Crippen molar-refractivity contribution >= 4 is 55.5 Å². The molecule has 0 bridgehead atoms. The lowest BCUT2D eigenvalue weighted by atomic mass is 10.0. The van der Waals surface area contributed by atoms with Gasteiger partial charge >= 0.3 is 0 Å². The maximum Gasteiger partial charge on any atom is 0.298 e. The molecular weight excluding hydrogens is 518 g/mol. The minimum Gasteiger partial charge on any atom is -0.505 e. The van der Waals surface area contributed by atoms with Crippen LogP contribution in [0.3, 0.4) is 0 Å². The van der Waals surface area contributed by atoms with Crippen molar-refractivity contribution in [2.45, 2.75) is 18.2 Å². The van der Waals surface area contributed by atoms with Crippen LogP contribution >= 0.6 is 11.6 Å². The Balaban J connectivity index is 1.86. The van der Waals surface area contributed by atoms with E-state index < -0.39 is 26.7 Å². The molecule has 4 aromatic rings. The number of fused-ring (bicyclic) bond motifs is 1. The van der Waals surface area contributed by atoms with Gasteiger partial charge in [0.15, 0.2) is 5.75 Å². The number of carbonyl (C=O) groups excluding carboxylic acids is 1. The van der Waals surface area contributed by atoms with Gasteiger partial charge in [0.05, 0.1) is 17.7 Å². The largest absolute Gasteiger partial charge is 0.505 e. The van der Waals surface area contributed by atoms with Crippen LogP contribution in [0.25, 0.3) is 10.8 Å². The summed E-state index contributed by atoms with van der Waals surface area (Å²) in [7, 11) is -3.23. The number of anilines is 1. The lowest BCUT2D eigenvalue weighted by molar-refractivity contribution is 0.102. The van der Waals surface area contributed by atoms with Gasteiger partial charge in [-0.25, -0.2) is 0 Å². The number of hydrogen-bond donors (Lipinski definition) is 3. The summed E-state index contributed by atoms with van der Waals surface area (Å²) in [6.45, 7) is 1.77. The maximum atomic E-state index is 13.1. The van der Waals surface area contributed by atoms with E-state index in [2.05, 4.69) is 15.5 Å². The first-order valence-corrected chi connectivity index (χ1v) is 12.9. The van der Waals surface area contributed by atoms with E-state index in [1.807, 2.05) is 0 Å². The lowest BCUT2D eigenvalue weighted by Gasteiger charge is -2.12. The van der Waals surface area contributed by atoms with E-state index in [0.717, 1.165) is 0 Å². The van der Waals surface area contributed by atoms with E-state index in [1.54, 1.807) is 61.5 Å². The Morgan fingerprint density at radius 3 is 2.46 bits per heavy atom. The molecular formula is C26H22ClN3O6S. The number of carbonyl (C=O) groups is 1. The Kier molecular flexibility index (Phi) is 7.44. The molecule has 1 amide bonds. The van der Waals surface area contributed by atoms with Crippen molar-refractivity contribution in [1.82, 2.24) is 0 Å². The standard InChI is InChI=1S/C26H22ClN3O6S/c1-3-15-11-12-21(27)25(37(33,34)35)22(15)29-30-23-19-10-5-4-7-16(19)13-20(24(23)31)26(32)28-17-8-6-9-18(14-17)36-2/h4-14,31H,3H2,1-2H3,(H,28,32)(H,33,34,35). The minimum absolute atomic E-state index is 0.0581. The van der Waals surface area contributed by atoms with Gasteiger partial charge in [-0.15, -0.1) is 10.2 Å². The second-order valence-electron chi connectivity index (χ2n) is 7.94. The fourth-order valence-electron chi connectivity index (χ4n) is 3.82. The summed E-state index contributed by atoms with van der Waals surface area (Å²) in [6, 6.07) is 18.0. The second kappa shape index (κ2) is 10.6.